The lowest BCUT2D eigenvalue weighted by Gasteiger charge is -2.23. The molecule has 1 amide bonds. The Hall–Kier alpha value is -2.93. The van der Waals surface area contributed by atoms with Crippen LogP contribution in [0, 0.1) is 0 Å². The highest BCUT2D eigenvalue weighted by Gasteiger charge is 2.19. The molecule has 28 heavy (non-hydrogen) atoms. The summed E-state index contributed by atoms with van der Waals surface area (Å²) >= 11 is 0. The number of carbonyl (C=O) groups excluding carboxylic acids is 1. The number of benzene rings is 1. The summed E-state index contributed by atoms with van der Waals surface area (Å²) in [5.41, 5.74) is 3.39. The molecule has 0 aliphatic carbocycles. The van der Waals surface area contributed by atoms with Crippen molar-refractivity contribution in [2.75, 3.05) is 13.1 Å². The molecule has 0 radical (unpaired) electrons. The van der Waals surface area contributed by atoms with Gasteiger partial charge in [-0.2, -0.15) is 10.2 Å². The number of hydrogen-bond donors (Lipinski definition) is 2. The van der Waals surface area contributed by atoms with Crippen LogP contribution in [0.15, 0.2) is 55.0 Å². The minimum absolute atomic E-state index is 0.0254. The molecule has 7 heteroatoms. The van der Waals surface area contributed by atoms with Crippen LogP contribution in [0.25, 0.3) is 0 Å². The molecule has 3 aromatic rings. The number of amides is 1. The van der Waals surface area contributed by atoms with Crippen LogP contribution < -0.4 is 10.6 Å². The number of piperidine rings is 1. The predicted octanol–water partition coefficient (Wildman–Crippen LogP) is 1.91. The van der Waals surface area contributed by atoms with E-state index in [4.69, 9.17) is 0 Å². The van der Waals surface area contributed by atoms with E-state index < -0.39 is 0 Å². The number of aromatic nitrogens is 4. The topological polar surface area (TPSA) is 76.8 Å². The molecule has 3 heterocycles. The largest absolute Gasteiger partial charge is 0.350 e. The Morgan fingerprint density at radius 1 is 1.14 bits per heavy atom. The summed E-state index contributed by atoms with van der Waals surface area (Å²) in [6.07, 6.45) is 7.80. The van der Waals surface area contributed by atoms with E-state index in [2.05, 4.69) is 26.9 Å². The molecule has 2 N–H and O–H groups in total. The van der Waals surface area contributed by atoms with Gasteiger partial charge in [-0.1, -0.05) is 24.3 Å². The molecule has 146 valence electrons. The van der Waals surface area contributed by atoms with Crippen molar-refractivity contribution in [2.45, 2.75) is 38.4 Å². The maximum absolute atomic E-state index is 12.5. The maximum atomic E-state index is 12.5. The van der Waals surface area contributed by atoms with E-state index in [-0.39, 0.29) is 12.5 Å². The Kier molecular flexibility index (Phi) is 5.82. The Morgan fingerprint density at radius 3 is 2.82 bits per heavy atom. The fourth-order valence-corrected chi connectivity index (χ4v) is 3.76. The zero-order chi connectivity index (χ0) is 19.2. The third-order valence-corrected chi connectivity index (χ3v) is 5.24. The fraction of sp³-hybridized carbons (Fsp3) is 0.381. The highest BCUT2D eigenvalue weighted by Crippen LogP contribution is 2.22. The van der Waals surface area contributed by atoms with Crippen molar-refractivity contribution >= 4 is 5.91 Å². The van der Waals surface area contributed by atoms with Gasteiger partial charge in [0.2, 0.25) is 5.91 Å². The summed E-state index contributed by atoms with van der Waals surface area (Å²) in [4.78, 5) is 12.5. The first-order chi connectivity index (χ1) is 13.8. The van der Waals surface area contributed by atoms with Crippen molar-refractivity contribution in [3.05, 3.63) is 71.8 Å². The summed E-state index contributed by atoms with van der Waals surface area (Å²) in [6, 6.07) is 12.1. The normalized spacial score (nSPS) is 16.8. The number of hydrogen-bond acceptors (Lipinski definition) is 4. The van der Waals surface area contributed by atoms with Crippen LogP contribution in [0.2, 0.25) is 0 Å². The van der Waals surface area contributed by atoms with Crippen LogP contribution in [-0.4, -0.2) is 38.6 Å². The molecule has 0 unspecified atom stereocenters. The number of nitrogens with one attached hydrogen (secondary N) is 2. The minimum Gasteiger partial charge on any atom is -0.350 e. The lowest BCUT2D eigenvalue weighted by molar-refractivity contribution is -0.122. The molecule has 1 aromatic carbocycles. The van der Waals surface area contributed by atoms with Crippen molar-refractivity contribution < 1.29 is 4.79 Å². The SMILES string of the molecule is O=C(Cn1nccc1[C@@H]1CCCNC1)NCc1ccccc1Cn1cccn1. The van der Waals surface area contributed by atoms with E-state index in [1.165, 1.54) is 0 Å². The predicted molar refractivity (Wildman–Crippen MR) is 107 cm³/mol. The smallest absolute Gasteiger partial charge is 0.242 e. The molecule has 1 saturated heterocycles. The van der Waals surface area contributed by atoms with Gasteiger partial charge in [0.1, 0.15) is 6.54 Å². The van der Waals surface area contributed by atoms with Crippen LogP contribution in [-0.2, 0) is 24.4 Å². The molecular formula is C21H26N6O. The van der Waals surface area contributed by atoms with Gasteiger partial charge in [-0.25, -0.2) is 0 Å². The van der Waals surface area contributed by atoms with Crippen molar-refractivity contribution in [1.82, 2.24) is 30.2 Å². The Labute approximate surface area is 164 Å². The molecule has 0 bridgehead atoms. The quantitative estimate of drug-likeness (QED) is 0.658. The van der Waals surface area contributed by atoms with Gasteiger partial charge >= 0.3 is 0 Å². The van der Waals surface area contributed by atoms with Crippen LogP contribution in [0.4, 0.5) is 0 Å². The molecule has 2 aromatic heterocycles. The Balaban J connectivity index is 1.36. The number of carbonyl (C=O) groups is 1. The monoisotopic (exact) mass is 378 g/mol. The van der Waals surface area contributed by atoms with Gasteiger partial charge in [0, 0.05) is 43.3 Å². The van der Waals surface area contributed by atoms with Gasteiger partial charge < -0.3 is 10.6 Å². The first-order valence-corrected chi connectivity index (χ1v) is 9.83. The first kappa shape index (κ1) is 18.4. The lowest BCUT2D eigenvalue weighted by Crippen LogP contribution is -2.32. The van der Waals surface area contributed by atoms with Gasteiger partial charge in [0.15, 0.2) is 0 Å². The van der Waals surface area contributed by atoms with Crippen molar-refractivity contribution in [3.8, 4) is 0 Å². The van der Waals surface area contributed by atoms with Gasteiger partial charge in [-0.3, -0.25) is 14.2 Å². The lowest BCUT2D eigenvalue weighted by atomic mass is 9.96. The molecule has 1 fully saturated rings. The zero-order valence-corrected chi connectivity index (χ0v) is 15.9. The second kappa shape index (κ2) is 8.84. The summed E-state index contributed by atoms with van der Waals surface area (Å²) in [6.45, 7) is 3.46. The Bertz CT molecular complexity index is 895. The van der Waals surface area contributed by atoms with Crippen molar-refractivity contribution in [3.63, 3.8) is 0 Å². The summed E-state index contributed by atoms with van der Waals surface area (Å²) in [7, 11) is 0. The third-order valence-electron chi connectivity index (χ3n) is 5.24. The van der Waals surface area contributed by atoms with Crippen LogP contribution >= 0.6 is 0 Å². The van der Waals surface area contributed by atoms with E-state index in [1.54, 1.807) is 12.4 Å². The van der Waals surface area contributed by atoms with Gasteiger partial charge in [-0.05, 0) is 42.6 Å². The van der Waals surface area contributed by atoms with Crippen LogP contribution in [0.3, 0.4) is 0 Å². The fourth-order valence-electron chi connectivity index (χ4n) is 3.76. The average Bonchev–Trinajstić information content (AvgIpc) is 3.40. The van der Waals surface area contributed by atoms with Crippen molar-refractivity contribution in [2.24, 2.45) is 0 Å². The molecule has 7 nitrogen and oxygen atoms in total. The molecule has 1 atom stereocenters. The summed E-state index contributed by atoms with van der Waals surface area (Å²) < 4.78 is 3.72. The van der Waals surface area contributed by atoms with E-state index in [0.717, 1.165) is 42.8 Å². The van der Waals surface area contributed by atoms with Gasteiger partial charge in [0.25, 0.3) is 0 Å². The maximum Gasteiger partial charge on any atom is 0.242 e. The molecule has 0 saturated carbocycles. The van der Waals surface area contributed by atoms with E-state index in [0.29, 0.717) is 19.0 Å². The summed E-state index contributed by atoms with van der Waals surface area (Å²) in [5.74, 6) is 0.404. The highest BCUT2D eigenvalue weighted by molar-refractivity contribution is 5.75. The second-order valence-electron chi connectivity index (χ2n) is 7.21. The van der Waals surface area contributed by atoms with E-state index in [1.807, 2.05) is 45.9 Å². The van der Waals surface area contributed by atoms with Crippen molar-refractivity contribution in [1.29, 1.82) is 0 Å². The minimum atomic E-state index is -0.0254. The molecule has 0 spiro atoms. The average molecular weight is 378 g/mol. The Morgan fingerprint density at radius 2 is 2.04 bits per heavy atom. The van der Waals surface area contributed by atoms with Gasteiger partial charge in [-0.15, -0.1) is 0 Å². The van der Waals surface area contributed by atoms with E-state index >= 15 is 0 Å². The molecule has 4 rings (SSSR count). The number of nitrogens with zero attached hydrogens (tertiary/aromatic N) is 4. The molecule has 1 aliphatic rings. The first-order valence-electron chi connectivity index (χ1n) is 9.83. The molecular weight excluding hydrogens is 352 g/mol. The van der Waals surface area contributed by atoms with Gasteiger partial charge in [0.05, 0.1) is 6.54 Å². The standard InChI is InChI=1S/C21H26N6O/c28-21(16-27-20(8-11-25-27)18-7-3-9-22-13-18)23-14-17-5-1-2-6-19(17)15-26-12-4-10-24-26/h1-2,4-6,8,10-12,18,22H,3,7,9,13-16H2,(H,23,28)/t18-/m1/s1. The van der Waals surface area contributed by atoms with Crippen LogP contribution in [0.5, 0.6) is 0 Å². The van der Waals surface area contributed by atoms with Crippen LogP contribution in [0.1, 0.15) is 35.6 Å². The van der Waals surface area contributed by atoms with E-state index in [9.17, 15) is 4.79 Å². The highest BCUT2D eigenvalue weighted by atomic mass is 16.2. The second-order valence-corrected chi connectivity index (χ2v) is 7.21. The summed E-state index contributed by atoms with van der Waals surface area (Å²) in [5, 5.41) is 15.1. The number of rotatable bonds is 7. The zero-order valence-electron chi connectivity index (χ0n) is 15.9. The molecule has 1 aliphatic heterocycles. The third kappa shape index (κ3) is 4.48.